The molecule has 0 radical (unpaired) electrons. The summed E-state index contributed by atoms with van der Waals surface area (Å²) in [5.41, 5.74) is 3.31. The van der Waals surface area contributed by atoms with Crippen LogP contribution in [-0.2, 0) is 10.2 Å². The van der Waals surface area contributed by atoms with Crippen LogP contribution in [0, 0.1) is 11.3 Å². The van der Waals surface area contributed by atoms with E-state index in [1.807, 2.05) is 18.2 Å². The van der Waals surface area contributed by atoms with Crippen LogP contribution in [0.4, 0.5) is 5.69 Å². The van der Waals surface area contributed by atoms with Crippen LogP contribution < -0.4 is 11.2 Å². The van der Waals surface area contributed by atoms with Crippen LogP contribution in [0.25, 0.3) is 11.4 Å². The van der Waals surface area contributed by atoms with Crippen molar-refractivity contribution in [2.75, 3.05) is 11.2 Å². The molecule has 1 amide bonds. The van der Waals surface area contributed by atoms with Crippen molar-refractivity contribution in [3.8, 4) is 17.5 Å². The number of hydrogen-bond acceptors (Lipinski definition) is 6. The molecule has 0 saturated carbocycles. The first kappa shape index (κ1) is 21.4. The van der Waals surface area contributed by atoms with Gasteiger partial charge < -0.3 is 11.2 Å². The number of nitrogen functional groups attached to an aromatic ring is 1. The van der Waals surface area contributed by atoms with Gasteiger partial charge in [0.15, 0.2) is 5.82 Å². The molecule has 0 aliphatic rings. The molecule has 1 heterocycles. The number of benzene rings is 2. The largest absolute Gasteiger partial charge is 0.335 e. The third kappa shape index (κ3) is 4.81. The molecule has 8 heteroatoms. The predicted molar refractivity (Wildman–Crippen MR) is 119 cm³/mol. The summed E-state index contributed by atoms with van der Waals surface area (Å²) in [4.78, 5) is 12.5. The van der Waals surface area contributed by atoms with E-state index in [0.717, 1.165) is 5.56 Å². The molecule has 154 valence electrons. The first-order valence-corrected chi connectivity index (χ1v) is 10.4. The average molecular weight is 421 g/mol. The van der Waals surface area contributed by atoms with Crippen molar-refractivity contribution >= 4 is 23.4 Å². The summed E-state index contributed by atoms with van der Waals surface area (Å²) in [6.07, 6.45) is 0. The van der Waals surface area contributed by atoms with Crippen molar-refractivity contribution in [1.29, 1.82) is 5.26 Å². The fourth-order valence-electron chi connectivity index (χ4n) is 2.76. The van der Waals surface area contributed by atoms with E-state index in [1.54, 1.807) is 31.2 Å². The van der Waals surface area contributed by atoms with Crippen LogP contribution in [0.15, 0.2) is 53.7 Å². The highest BCUT2D eigenvalue weighted by atomic mass is 32.2. The highest BCUT2D eigenvalue weighted by Crippen LogP contribution is 2.28. The van der Waals surface area contributed by atoms with Gasteiger partial charge in [0.05, 0.1) is 16.9 Å². The number of amides is 1. The Labute approximate surface area is 180 Å². The Morgan fingerprint density at radius 1 is 1.13 bits per heavy atom. The van der Waals surface area contributed by atoms with Gasteiger partial charge in [0.25, 0.3) is 0 Å². The smallest absolute Gasteiger partial charge is 0.237 e. The number of thioether (sulfide) groups is 1. The fourth-order valence-corrected chi connectivity index (χ4v) is 3.53. The van der Waals surface area contributed by atoms with Crippen LogP contribution in [0.5, 0.6) is 0 Å². The highest BCUT2D eigenvalue weighted by molar-refractivity contribution is 8.00. The van der Waals surface area contributed by atoms with Crippen LogP contribution in [0.2, 0.25) is 0 Å². The average Bonchev–Trinajstić information content (AvgIpc) is 3.08. The number of anilines is 1. The Hall–Kier alpha value is -3.31. The standard InChI is InChI=1S/C22H24N6OS/c1-14(20(29)25-18-11-5-15(13-23)6-12-18)30-21-27-26-19(28(21)24)16-7-9-17(10-8-16)22(2,3)4/h5-12,14H,24H2,1-4H3,(H,25,29)/t14-/m0/s1. The zero-order valence-electron chi connectivity index (χ0n) is 17.4. The molecule has 0 bridgehead atoms. The molecule has 2 aromatic carbocycles. The van der Waals surface area contributed by atoms with E-state index < -0.39 is 5.25 Å². The van der Waals surface area contributed by atoms with E-state index in [0.29, 0.717) is 22.2 Å². The van der Waals surface area contributed by atoms with Gasteiger partial charge in [-0.2, -0.15) is 5.26 Å². The van der Waals surface area contributed by atoms with Crippen molar-refractivity contribution in [1.82, 2.24) is 14.9 Å². The van der Waals surface area contributed by atoms with E-state index in [4.69, 9.17) is 11.1 Å². The maximum atomic E-state index is 12.5. The molecule has 0 aliphatic carbocycles. The molecule has 1 aromatic heterocycles. The second kappa shape index (κ2) is 8.59. The fraction of sp³-hybridized carbons (Fsp3) is 0.273. The minimum atomic E-state index is -0.441. The number of rotatable bonds is 5. The molecule has 0 spiro atoms. The zero-order chi connectivity index (χ0) is 21.9. The molecule has 3 aromatic rings. The summed E-state index contributed by atoms with van der Waals surface area (Å²) in [5, 5.41) is 20.0. The number of carbonyl (C=O) groups excluding carboxylic acids is 1. The quantitative estimate of drug-likeness (QED) is 0.478. The summed E-state index contributed by atoms with van der Waals surface area (Å²) >= 11 is 1.23. The summed E-state index contributed by atoms with van der Waals surface area (Å²) in [7, 11) is 0. The normalized spacial score (nSPS) is 12.2. The molecule has 30 heavy (non-hydrogen) atoms. The Kier molecular flexibility index (Phi) is 6.13. The van der Waals surface area contributed by atoms with Crippen molar-refractivity contribution < 1.29 is 4.79 Å². The van der Waals surface area contributed by atoms with E-state index in [9.17, 15) is 4.79 Å². The van der Waals surface area contributed by atoms with Gasteiger partial charge in [-0.15, -0.1) is 10.2 Å². The van der Waals surface area contributed by atoms with Gasteiger partial charge in [-0.3, -0.25) is 4.79 Å². The number of nitriles is 1. The van der Waals surface area contributed by atoms with Crippen LogP contribution in [0.1, 0.15) is 38.8 Å². The Balaban J connectivity index is 1.69. The number of nitrogens with one attached hydrogen (secondary N) is 1. The summed E-state index contributed by atoms with van der Waals surface area (Å²) < 4.78 is 1.41. The van der Waals surface area contributed by atoms with E-state index in [-0.39, 0.29) is 11.3 Å². The maximum absolute atomic E-state index is 12.5. The van der Waals surface area contributed by atoms with Crippen molar-refractivity contribution in [2.45, 2.75) is 43.5 Å². The number of nitrogens with two attached hydrogens (primary N) is 1. The molecular weight excluding hydrogens is 396 g/mol. The van der Waals surface area contributed by atoms with Gasteiger partial charge in [-0.1, -0.05) is 56.8 Å². The molecule has 0 saturated heterocycles. The minimum Gasteiger partial charge on any atom is -0.335 e. The van der Waals surface area contributed by atoms with Crippen LogP contribution >= 0.6 is 11.8 Å². The van der Waals surface area contributed by atoms with E-state index in [2.05, 4.69) is 48.4 Å². The molecule has 7 nitrogen and oxygen atoms in total. The third-order valence-electron chi connectivity index (χ3n) is 4.61. The lowest BCUT2D eigenvalue weighted by atomic mass is 9.87. The first-order chi connectivity index (χ1) is 14.2. The van der Waals surface area contributed by atoms with Crippen molar-refractivity contribution in [3.05, 3.63) is 59.7 Å². The van der Waals surface area contributed by atoms with Gasteiger partial charge >= 0.3 is 0 Å². The molecule has 1 atom stereocenters. The monoisotopic (exact) mass is 420 g/mol. The lowest BCUT2D eigenvalue weighted by Crippen LogP contribution is -2.23. The van der Waals surface area contributed by atoms with Crippen LogP contribution in [-0.4, -0.2) is 26.0 Å². The summed E-state index contributed by atoms with van der Waals surface area (Å²) in [6, 6.07) is 16.8. The maximum Gasteiger partial charge on any atom is 0.237 e. The van der Waals surface area contributed by atoms with Gasteiger partial charge in [0.1, 0.15) is 0 Å². The number of nitrogens with zero attached hydrogens (tertiary/aromatic N) is 4. The second-order valence-electron chi connectivity index (χ2n) is 7.94. The molecule has 0 unspecified atom stereocenters. The number of hydrogen-bond donors (Lipinski definition) is 2. The molecule has 3 rings (SSSR count). The third-order valence-corrected chi connectivity index (χ3v) is 5.66. The zero-order valence-corrected chi connectivity index (χ0v) is 18.2. The molecule has 0 fully saturated rings. The molecule has 3 N–H and O–H groups in total. The second-order valence-corrected chi connectivity index (χ2v) is 9.25. The SMILES string of the molecule is C[C@H](Sc1nnc(-c2ccc(C(C)(C)C)cc2)n1N)C(=O)Nc1ccc(C#N)cc1. The van der Waals surface area contributed by atoms with Gasteiger partial charge in [-0.25, -0.2) is 4.68 Å². The van der Waals surface area contributed by atoms with E-state index in [1.165, 1.54) is 22.0 Å². The number of carbonyl (C=O) groups is 1. The van der Waals surface area contributed by atoms with Gasteiger partial charge in [-0.05, 0) is 42.2 Å². The summed E-state index contributed by atoms with van der Waals surface area (Å²) in [6.45, 7) is 8.25. The lowest BCUT2D eigenvalue weighted by molar-refractivity contribution is -0.115. The van der Waals surface area contributed by atoms with Gasteiger partial charge in [0, 0.05) is 11.3 Å². The lowest BCUT2D eigenvalue weighted by Gasteiger charge is -2.19. The van der Waals surface area contributed by atoms with Crippen molar-refractivity contribution in [3.63, 3.8) is 0 Å². The summed E-state index contributed by atoms with van der Waals surface area (Å²) in [5.74, 6) is 6.55. The van der Waals surface area contributed by atoms with Crippen molar-refractivity contribution in [2.24, 2.45) is 0 Å². The topological polar surface area (TPSA) is 110 Å². The highest BCUT2D eigenvalue weighted by Gasteiger charge is 2.21. The van der Waals surface area contributed by atoms with Crippen LogP contribution in [0.3, 0.4) is 0 Å². The minimum absolute atomic E-state index is 0.0631. The Bertz CT molecular complexity index is 1070. The molecule has 0 aliphatic heterocycles. The Morgan fingerprint density at radius 3 is 2.33 bits per heavy atom. The van der Waals surface area contributed by atoms with E-state index >= 15 is 0 Å². The predicted octanol–water partition coefficient (Wildman–Crippen LogP) is 3.95. The Morgan fingerprint density at radius 2 is 1.77 bits per heavy atom. The van der Waals surface area contributed by atoms with Gasteiger partial charge in [0.2, 0.25) is 11.1 Å². The first-order valence-electron chi connectivity index (χ1n) is 9.48. The molecular formula is C22H24N6OS. The number of aromatic nitrogens is 3.